The van der Waals surface area contributed by atoms with Crippen LogP contribution in [0, 0.1) is 5.92 Å². The highest BCUT2D eigenvalue weighted by molar-refractivity contribution is 7.99. The van der Waals surface area contributed by atoms with E-state index in [1.54, 1.807) is 6.20 Å². The summed E-state index contributed by atoms with van der Waals surface area (Å²) in [5.41, 5.74) is 2.93. The topological polar surface area (TPSA) is 43.6 Å². The Bertz CT molecular complexity index is 763. The van der Waals surface area contributed by atoms with Crippen molar-refractivity contribution in [2.45, 2.75) is 19.3 Å². The Morgan fingerprint density at radius 1 is 1.23 bits per heavy atom. The van der Waals surface area contributed by atoms with Crippen molar-refractivity contribution in [3.63, 3.8) is 0 Å². The maximum Gasteiger partial charge on any atom is 0.164 e. The highest BCUT2D eigenvalue weighted by atomic mass is 32.2. The van der Waals surface area contributed by atoms with Gasteiger partial charge in [0.1, 0.15) is 11.3 Å². The van der Waals surface area contributed by atoms with Gasteiger partial charge in [0.25, 0.3) is 0 Å². The molecule has 1 aliphatic rings. The Morgan fingerprint density at radius 3 is 3.00 bits per heavy atom. The van der Waals surface area contributed by atoms with E-state index in [-0.39, 0.29) is 0 Å². The SMILES string of the molecule is c1cncc(-n2c(CC3CCCSC3)nc3cccnc32)c1. The van der Waals surface area contributed by atoms with Gasteiger partial charge in [-0.1, -0.05) is 0 Å². The molecule has 22 heavy (non-hydrogen) atoms. The van der Waals surface area contributed by atoms with Gasteiger partial charge in [0.15, 0.2) is 5.65 Å². The Balaban J connectivity index is 1.79. The monoisotopic (exact) mass is 310 g/mol. The van der Waals surface area contributed by atoms with Crippen LogP contribution in [-0.2, 0) is 6.42 Å². The number of aromatic nitrogens is 4. The molecular weight excluding hydrogens is 292 g/mol. The van der Waals surface area contributed by atoms with Crippen LogP contribution in [0.15, 0.2) is 42.9 Å². The number of imidazole rings is 1. The first-order chi connectivity index (χ1) is 10.9. The van der Waals surface area contributed by atoms with Crippen LogP contribution in [0.1, 0.15) is 18.7 Å². The number of thioether (sulfide) groups is 1. The predicted octanol–water partition coefficient (Wildman–Crippen LogP) is 3.50. The Morgan fingerprint density at radius 2 is 2.18 bits per heavy atom. The first-order valence-corrected chi connectivity index (χ1v) is 8.88. The fraction of sp³-hybridized carbons (Fsp3) is 0.353. The maximum absolute atomic E-state index is 4.85. The van der Waals surface area contributed by atoms with Crippen LogP contribution in [0.3, 0.4) is 0 Å². The quantitative estimate of drug-likeness (QED) is 0.742. The molecule has 0 radical (unpaired) electrons. The zero-order valence-electron chi connectivity index (χ0n) is 12.4. The molecule has 1 saturated heterocycles. The first kappa shape index (κ1) is 13.8. The van der Waals surface area contributed by atoms with E-state index in [4.69, 9.17) is 4.98 Å². The lowest BCUT2D eigenvalue weighted by Gasteiger charge is -2.21. The zero-order chi connectivity index (χ0) is 14.8. The van der Waals surface area contributed by atoms with Crippen molar-refractivity contribution in [2.24, 2.45) is 5.92 Å². The predicted molar refractivity (Wildman–Crippen MR) is 90.4 cm³/mol. The van der Waals surface area contributed by atoms with Gasteiger partial charge in [0, 0.05) is 18.8 Å². The molecule has 4 heterocycles. The molecule has 4 nitrogen and oxygen atoms in total. The molecule has 0 saturated carbocycles. The molecule has 0 spiro atoms. The van der Waals surface area contributed by atoms with Crippen LogP contribution >= 0.6 is 11.8 Å². The van der Waals surface area contributed by atoms with E-state index in [0.29, 0.717) is 5.92 Å². The molecule has 112 valence electrons. The second-order valence-electron chi connectivity index (χ2n) is 5.71. The van der Waals surface area contributed by atoms with E-state index in [9.17, 15) is 0 Å². The molecule has 1 unspecified atom stereocenters. The van der Waals surface area contributed by atoms with Crippen molar-refractivity contribution in [3.05, 3.63) is 48.7 Å². The lowest BCUT2D eigenvalue weighted by Crippen LogP contribution is -2.16. The molecule has 1 fully saturated rings. The molecular formula is C17H18N4S. The van der Waals surface area contributed by atoms with Gasteiger partial charge in [-0.15, -0.1) is 0 Å². The van der Waals surface area contributed by atoms with Gasteiger partial charge in [0.05, 0.1) is 11.9 Å². The molecule has 3 aromatic rings. The van der Waals surface area contributed by atoms with Crippen LogP contribution in [-0.4, -0.2) is 31.0 Å². The van der Waals surface area contributed by atoms with Gasteiger partial charge in [-0.2, -0.15) is 11.8 Å². The highest BCUT2D eigenvalue weighted by Gasteiger charge is 2.20. The van der Waals surface area contributed by atoms with Crippen LogP contribution < -0.4 is 0 Å². The summed E-state index contributed by atoms with van der Waals surface area (Å²) in [5.74, 6) is 4.36. The Kier molecular flexibility index (Phi) is 3.81. The molecule has 0 aromatic carbocycles. The molecule has 0 bridgehead atoms. The number of hydrogen-bond donors (Lipinski definition) is 0. The fourth-order valence-electron chi connectivity index (χ4n) is 3.08. The fourth-order valence-corrected chi connectivity index (χ4v) is 4.24. The first-order valence-electron chi connectivity index (χ1n) is 7.72. The van der Waals surface area contributed by atoms with Crippen LogP contribution in [0.5, 0.6) is 0 Å². The van der Waals surface area contributed by atoms with Crippen molar-refractivity contribution < 1.29 is 0 Å². The van der Waals surface area contributed by atoms with Gasteiger partial charge in [0.2, 0.25) is 0 Å². The minimum Gasteiger partial charge on any atom is -0.279 e. The minimum atomic E-state index is 0.714. The Labute approximate surface area is 134 Å². The molecule has 3 aromatic heterocycles. The molecule has 0 N–H and O–H groups in total. The van der Waals surface area contributed by atoms with E-state index in [1.807, 2.05) is 30.6 Å². The maximum atomic E-state index is 4.85. The van der Waals surface area contributed by atoms with Crippen LogP contribution in [0.2, 0.25) is 0 Å². The zero-order valence-corrected chi connectivity index (χ0v) is 13.2. The second kappa shape index (κ2) is 6.08. The summed E-state index contributed by atoms with van der Waals surface area (Å²) in [5, 5.41) is 0. The normalized spacial score (nSPS) is 18.6. The lowest BCUT2D eigenvalue weighted by atomic mass is 10.0. The van der Waals surface area contributed by atoms with E-state index in [2.05, 4.69) is 32.4 Å². The van der Waals surface area contributed by atoms with Gasteiger partial charge < -0.3 is 0 Å². The van der Waals surface area contributed by atoms with E-state index in [1.165, 1.54) is 24.3 Å². The number of rotatable bonds is 3. The van der Waals surface area contributed by atoms with Crippen LogP contribution in [0.25, 0.3) is 16.9 Å². The molecule has 5 heteroatoms. The number of hydrogen-bond acceptors (Lipinski definition) is 4. The molecule has 0 amide bonds. The van der Waals surface area contributed by atoms with Crippen molar-refractivity contribution in [3.8, 4) is 5.69 Å². The van der Waals surface area contributed by atoms with Crippen molar-refractivity contribution in [1.82, 2.24) is 19.5 Å². The summed E-state index contributed by atoms with van der Waals surface area (Å²) in [4.78, 5) is 13.6. The smallest absolute Gasteiger partial charge is 0.164 e. The van der Waals surface area contributed by atoms with E-state index in [0.717, 1.165) is 29.1 Å². The number of pyridine rings is 2. The van der Waals surface area contributed by atoms with Crippen molar-refractivity contribution in [2.75, 3.05) is 11.5 Å². The van der Waals surface area contributed by atoms with E-state index < -0.39 is 0 Å². The van der Waals surface area contributed by atoms with Crippen molar-refractivity contribution in [1.29, 1.82) is 0 Å². The molecule has 1 aliphatic heterocycles. The summed E-state index contributed by atoms with van der Waals surface area (Å²) in [7, 11) is 0. The summed E-state index contributed by atoms with van der Waals surface area (Å²) in [6.45, 7) is 0. The van der Waals surface area contributed by atoms with Gasteiger partial charge in [-0.3, -0.25) is 9.55 Å². The summed E-state index contributed by atoms with van der Waals surface area (Å²) in [6, 6.07) is 8.02. The third-order valence-electron chi connectivity index (χ3n) is 4.12. The standard InChI is InChI=1S/C17H18N4S/c1-5-14(11-18-7-1)21-16(10-13-4-3-9-22-12-13)20-15-6-2-8-19-17(15)21/h1-2,5-8,11,13H,3-4,9-10,12H2. The molecule has 4 rings (SSSR count). The largest absolute Gasteiger partial charge is 0.279 e. The van der Waals surface area contributed by atoms with Crippen molar-refractivity contribution >= 4 is 22.9 Å². The van der Waals surface area contributed by atoms with Crippen LogP contribution in [0.4, 0.5) is 0 Å². The Hall–Kier alpha value is -1.88. The summed E-state index contributed by atoms with van der Waals surface area (Å²) < 4.78 is 2.17. The average molecular weight is 310 g/mol. The second-order valence-corrected chi connectivity index (χ2v) is 6.86. The number of nitrogens with zero attached hydrogens (tertiary/aromatic N) is 4. The highest BCUT2D eigenvalue weighted by Crippen LogP contribution is 2.28. The molecule has 1 atom stereocenters. The minimum absolute atomic E-state index is 0.714. The third kappa shape index (κ3) is 2.61. The summed E-state index contributed by atoms with van der Waals surface area (Å²) in [6.07, 6.45) is 9.15. The summed E-state index contributed by atoms with van der Waals surface area (Å²) >= 11 is 2.07. The number of fused-ring (bicyclic) bond motifs is 1. The van der Waals surface area contributed by atoms with Gasteiger partial charge >= 0.3 is 0 Å². The van der Waals surface area contributed by atoms with Gasteiger partial charge in [-0.05, 0) is 54.5 Å². The van der Waals surface area contributed by atoms with Gasteiger partial charge in [-0.25, -0.2) is 9.97 Å². The average Bonchev–Trinajstić information content (AvgIpc) is 2.94. The lowest BCUT2D eigenvalue weighted by molar-refractivity contribution is 0.506. The van der Waals surface area contributed by atoms with E-state index >= 15 is 0 Å². The third-order valence-corrected chi connectivity index (χ3v) is 5.40. The molecule has 0 aliphatic carbocycles.